The van der Waals surface area contributed by atoms with Gasteiger partial charge in [0.2, 0.25) is 11.8 Å². The molecule has 9 heteroatoms. The summed E-state index contributed by atoms with van der Waals surface area (Å²) in [6.45, 7) is 2.19. The molecule has 0 saturated carbocycles. The number of hydrogen-bond acceptors (Lipinski definition) is 6. The van der Waals surface area contributed by atoms with Gasteiger partial charge >= 0.3 is 0 Å². The molecule has 1 N–H and O–H groups in total. The Morgan fingerprint density at radius 3 is 2.96 bits per heavy atom. The topological polar surface area (TPSA) is 91.6 Å². The molecule has 1 aromatic rings. The van der Waals surface area contributed by atoms with E-state index < -0.39 is 5.41 Å². The maximum Gasteiger partial charge on any atom is 0.233 e. The zero-order valence-corrected chi connectivity index (χ0v) is 14.7. The minimum absolute atomic E-state index is 0.0151. The lowest BCUT2D eigenvalue weighted by Crippen LogP contribution is -2.51. The molecule has 2 aliphatic heterocycles. The van der Waals surface area contributed by atoms with Crippen molar-refractivity contribution in [1.82, 2.24) is 24.6 Å². The third-order valence-electron chi connectivity index (χ3n) is 4.90. The predicted molar refractivity (Wildman–Crippen MR) is 88.3 cm³/mol. The van der Waals surface area contributed by atoms with Gasteiger partial charge in [0, 0.05) is 33.2 Å². The number of β-amino-alcohol motifs (C(OH)–C–C–N with tert-alkyl or cyclic N) is 1. The van der Waals surface area contributed by atoms with E-state index in [0.29, 0.717) is 43.5 Å². The van der Waals surface area contributed by atoms with Crippen LogP contribution in [-0.2, 0) is 16.6 Å². The molecular formula is C15H23N5O3S. The fraction of sp³-hybridized carbons (Fsp3) is 0.733. The van der Waals surface area contributed by atoms with Gasteiger partial charge in [0.1, 0.15) is 6.33 Å². The van der Waals surface area contributed by atoms with Crippen LogP contribution in [0.15, 0.2) is 11.5 Å². The number of hydrogen-bond donors (Lipinski definition) is 1. The summed E-state index contributed by atoms with van der Waals surface area (Å²) in [5.41, 5.74) is -0.446. The molecular weight excluding hydrogens is 330 g/mol. The normalized spacial score (nSPS) is 24.2. The van der Waals surface area contributed by atoms with Crippen LogP contribution in [0.1, 0.15) is 19.3 Å². The Bertz CT molecular complexity index is 620. The van der Waals surface area contributed by atoms with Crippen molar-refractivity contribution in [2.24, 2.45) is 12.5 Å². The van der Waals surface area contributed by atoms with Gasteiger partial charge in [-0.05, 0) is 19.3 Å². The number of piperidine rings is 1. The highest BCUT2D eigenvalue weighted by atomic mass is 32.2. The molecule has 1 atom stereocenters. The molecule has 24 heavy (non-hydrogen) atoms. The molecule has 2 amide bonds. The van der Waals surface area contributed by atoms with Crippen molar-refractivity contribution in [3.8, 4) is 0 Å². The van der Waals surface area contributed by atoms with Gasteiger partial charge in [-0.3, -0.25) is 9.59 Å². The number of likely N-dealkylation sites (tertiary alicyclic amines) is 2. The van der Waals surface area contributed by atoms with Crippen LogP contribution >= 0.6 is 11.8 Å². The lowest BCUT2D eigenvalue weighted by molar-refractivity contribution is -0.146. The van der Waals surface area contributed by atoms with Crippen molar-refractivity contribution in [3.63, 3.8) is 0 Å². The lowest BCUT2D eigenvalue weighted by atomic mass is 9.78. The number of rotatable bonds is 5. The molecule has 2 fully saturated rings. The van der Waals surface area contributed by atoms with Crippen LogP contribution in [0.5, 0.6) is 0 Å². The maximum atomic E-state index is 12.7. The number of aliphatic hydroxyl groups excluding tert-OH is 1. The molecule has 3 heterocycles. The largest absolute Gasteiger partial charge is 0.395 e. The number of aryl methyl sites for hydroxylation is 1. The Kier molecular flexibility index (Phi) is 5.09. The van der Waals surface area contributed by atoms with Crippen LogP contribution in [0.4, 0.5) is 0 Å². The Hall–Kier alpha value is -1.61. The second-order valence-electron chi connectivity index (χ2n) is 6.48. The summed E-state index contributed by atoms with van der Waals surface area (Å²) in [4.78, 5) is 28.8. The zero-order chi connectivity index (χ0) is 17.2. The highest BCUT2D eigenvalue weighted by Gasteiger charge is 2.49. The Labute approximate surface area is 145 Å². The summed E-state index contributed by atoms with van der Waals surface area (Å²) in [5, 5.41) is 17.6. The summed E-state index contributed by atoms with van der Waals surface area (Å²) in [7, 11) is 1.84. The first-order valence-electron chi connectivity index (χ1n) is 8.20. The minimum atomic E-state index is -0.446. The molecule has 8 nitrogen and oxygen atoms in total. The summed E-state index contributed by atoms with van der Waals surface area (Å²) < 4.78 is 1.78. The predicted octanol–water partition coefficient (Wildman–Crippen LogP) is -0.259. The molecule has 1 spiro atoms. The summed E-state index contributed by atoms with van der Waals surface area (Å²) in [6.07, 6.45) is 4.08. The zero-order valence-electron chi connectivity index (χ0n) is 13.8. The standard InChI is InChI=1S/C15H23N5O3S/c1-18-11-16-17-14(18)24-9-12(22)20-6-4-15(10-20)3-2-5-19(7-8-21)13(15)23/h11,21H,2-10H2,1H3/t15-/m1/s1. The van der Waals surface area contributed by atoms with E-state index in [-0.39, 0.29) is 18.4 Å². The van der Waals surface area contributed by atoms with E-state index in [1.165, 1.54) is 11.8 Å². The van der Waals surface area contributed by atoms with Crippen molar-refractivity contribution >= 4 is 23.6 Å². The van der Waals surface area contributed by atoms with E-state index in [1.54, 1.807) is 20.7 Å². The first kappa shape index (κ1) is 17.2. The molecule has 3 rings (SSSR count). The van der Waals surface area contributed by atoms with Gasteiger partial charge in [0.25, 0.3) is 0 Å². The third kappa shape index (κ3) is 3.27. The van der Waals surface area contributed by atoms with Crippen LogP contribution < -0.4 is 0 Å². The second kappa shape index (κ2) is 7.10. The van der Waals surface area contributed by atoms with Crippen molar-refractivity contribution in [2.75, 3.05) is 38.5 Å². The molecule has 0 bridgehead atoms. The van der Waals surface area contributed by atoms with Crippen LogP contribution in [0.25, 0.3) is 0 Å². The molecule has 1 aromatic heterocycles. The van der Waals surface area contributed by atoms with Gasteiger partial charge in [-0.2, -0.15) is 0 Å². The highest BCUT2D eigenvalue weighted by molar-refractivity contribution is 7.99. The first-order valence-corrected chi connectivity index (χ1v) is 9.19. The van der Waals surface area contributed by atoms with Gasteiger partial charge in [-0.15, -0.1) is 10.2 Å². The van der Waals surface area contributed by atoms with Crippen molar-refractivity contribution in [1.29, 1.82) is 0 Å². The maximum absolute atomic E-state index is 12.7. The van der Waals surface area contributed by atoms with Crippen LogP contribution in [0, 0.1) is 5.41 Å². The van der Waals surface area contributed by atoms with Gasteiger partial charge < -0.3 is 19.5 Å². The van der Waals surface area contributed by atoms with E-state index in [1.807, 2.05) is 7.05 Å². The van der Waals surface area contributed by atoms with Gasteiger partial charge in [-0.25, -0.2) is 0 Å². The van der Waals surface area contributed by atoms with Gasteiger partial charge in [0.05, 0.1) is 17.8 Å². The molecule has 0 unspecified atom stereocenters. The molecule has 2 saturated heterocycles. The summed E-state index contributed by atoms with van der Waals surface area (Å²) in [5.74, 6) is 0.433. The highest BCUT2D eigenvalue weighted by Crippen LogP contribution is 2.40. The van der Waals surface area contributed by atoms with E-state index in [4.69, 9.17) is 5.11 Å². The van der Waals surface area contributed by atoms with Crippen LogP contribution in [0.3, 0.4) is 0 Å². The monoisotopic (exact) mass is 353 g/mol. The fourth-order valence-corrected chi connectivity index (χ4v) is 4.36. The SMILES string of the molecule is Cn1cnnc1SCC(=O)N1CC[C@]2(CCCN(CCO)C2=O)C1. The molecule has 0 aromatic carbocycles. The van der Waals surface area contributed by atoms with E-state index in [9.17, 15) is 9.59 Å². The van der Waals surface area contributed by atoms with E-state index in [0.717, 1.165) is 12.8 Å². The number of nitrogens with zero attached hydrogens (tertiary/aromatic N) is 5. The van der Waals surface area contributed by atoms with E-state index >= 15 is 0 Å². The summed E-state index contributed by atoms with van der Waals surface area (Å²) in [6, 6.07) is 0. The van der Waals surface area contributed by atoms with Crippen molar-refractivity contribution in [3.05, 3.63) is 6.33 Å². The number of thioether (sulfide) groups is 1. The summed E-state index contributed by atoms with van der Waals surface area (Å²) >= 11 is 1.36. The quantitative estimate of drug-likeness (QED) is 0.734. The Morgan fingerprint density at radius 2 is 2.25 bits per heavy atom. The number of carbonyl (C=O) groups excluding carboxylic acids is 2. The van der Waals surface area contributed by atoms with Crippen LogP contribution in [0.2, 0.25) is 0 Å². The molecule has 132 valence electrons. The third-order valence-corrected chi connectivity index (χ3v) is 5.91. The molecule has 0 radical (unpaired) electrons. The number of carbonyl (C=O) groups is 2. The first-order chi connectivity index (χ1) is 11.6. The van der Waals surface area contributed by atoms with Crippen molar-refractivity contribution in [2.45, 2.75) is 24.4 Å². The Morgan fingerprint density at radius 1 is 1.42 bits per heavy atom. The van der Waals surface area contributed by atoms with Gasteiger partial charge in [-0.1, -0.05) is 11.8 Å². The average molecular weight is 353 g/mol. The average Bonchev–Trinajstić information content (AvgIpc) is 3.17. The number of aliphatic hydroxyl groups is 1. The number of amides is 2. The molecule has 2 aliphatic rings. The number of aromatic nitrogens is 3. The lowest BCUT2D eigenvalue weighted by Gasteiger charge is -2.39. The van der Waals surface area contributed by atoms with Crippen LogP contribution in [-0.4, -0.2) is 80.0 Å². The van der Waals surface area contributed by atoms with Crippen molar-refractivity contribution < 1.29 is 14.7 Å². The van der Waals surface area contributed by atoms with Gasteiger partial charge in [0.15, 0.2) is 5.16 Å². The van der Waals surface area contributed by atoms with E-state index in [2.05, 4.69) is 10.2 Å². The second-order valence-corrected chi connectivity index (χ2v) is 7.42. The minimum Gasteiger partial charge on any atom is -0.395 e. The Balaban J connectivity index is 1.59. The fourth-order valence-electron chi connectivity index (χ4n) is 3.57. The molecule has 0 aliphatic carbocycles. The smallest absolute Gasteiger partial charge is 0.233 e.